The van der Waals surface area contributed by atoms with Gasteiger partial charge in [-0.05, 0) is 60.2 Å². The van der Waals surface area contributed by atoms with Crippen LogP contribution in [0.5, 0.6) is 0 Å². The predicted octanol–water partition coefficient (Wildman–Crippen LogP) is 5.84. The minimum absolute atomic E-state index is 0.112. The highest BCUT2D eigenvalue weighted by atomic mass is 16.1. The van der Waals surface area contributed by atoms with E-state index >= 15 is 0 Å². The Balaban J connectivity index is 1.53. The van der Waals surface area contributed by atoms with Crippen molar-refractivity contribution in [2.75, 3.05) is 38.0 Å². The van der Waals surface area contributed by atoms with Crippen LogP contribution in [0.1, 0.15) is 30.4 Å². The molecule has 0 spiro atoms. The van der Waals surface area contributed by atoms with Gasteiger partial charge < -0.3 is 9.80 Å². The summed E-state index contributed by atoms with van der Waals surface area (Å²) in [5, 5.41) is 0. The van der Waals surface area contributed by atoms with Crippen LogP contribution in [0.25, 0.3) is 12.2 Å². The van der Waals surface area contributed by atoms with E-state index in [1.807, 2.05) is 40.3 Å². The second kappa shape index (κ2) is 10.1. The van der Waals surface area contributed by atoms with Crippen LogP contribution in [-0.4, -0.2) is 34.0 Å². The van der Waals surface area contributed by atoms with Crippen molar-refractivity contribution in [2.45, 2.75) is 19.3 Å². The third-order valence-corrected chi connectivity index (χ3v) is 5.59. The van der Waals surface area contributed by atoms with E-state index in [0.717, 1.165) is 30.4 Å². The Morgan fingerprint density at radius 1 is 0.833 bits per heavy atom. The number of Topliss-reactive ketones (excluding diaryl/α,β-unsaturated/α-hetero) is 1. The zero-order valence-electron chi connectivity index (χ0n) is 18.5. The Kier molecular flexibility index (Phi) is 7.29. The van der Waals surface area contributed by atoms with Crippen LogP contribution in [0.2, 0.25) is 0 Å². The molecule has 1 aliphatic carbocycles. The van der Waals surface area contributed by atoms with E-state index in [2.05, 4.69) is 76.6 Å². The third-order valence-electron chi connectivity index (χ3n) is 5.59. The van der Waals surface area contributed by atoms with Gasteiger partial charge in [-0.25, -0.2) is 0 Å². The van der Waals surface area contributed by atoms with Crippen LogP contribution in [0.4, 0.5) is 11.4 Å². The van der Waals surface area contributed by atoms with Crippen LogP contribution in [0.3, 0.4) is 0 Å². The summed E-state index contributed by atoms with van der Waals surface area (Å²) in [6, 6.07) is 16.9. The maximum absolute atomic E-state index is 12.7. The molecule has 0 saturated heterocycles. The third kappa shape index (κ3) is 5.73. The first kappa shape index (κ1) is 21.6. The van der Waals surface area contributed by atoms with Crippen LogP contribution >= 0.6 is 0 Å². The van der Waals surface area contributed by atoms with Gasteiger partial charge in [-0.3, -0.25) is 4.79 Å². The first-order chi connectivity index (χ1) is 14.4. The van der Waals surface area contributed by atoms with Crippen molar-refractivity contribution in [2.24, 2.45) is 5.92 Å². The lowest BCUT2D eigenvalue weighted by molar-refractivity contribution is -0.117. The molecule has 0 bridgehead atoms. The fourth-order valence-electron chi connectivity index (χ4n) is 3.65. The molecule has 1 atom stereocenters. The van der Waals surface area contributed by atoms with Gasteiger partial charge in [0.2, 0.25) is 0 Å². The lowest BCUT2D eigenvalue weighted by atomic mass is 10.0. The van der Waals surface area contributed by atoms with E-state index < -0.39 is 0 Å². The van der Waals surface area contributed by atoms with E-state index in [-0.39, 0.29) is 5.92 Å². The Morgan fingerprint density at radius 3 is 1.90 bits per heavy atom. The molecule has 2 aromatic rings. The minimum atomic E-state index is 0.112. The first-order valence-corrected chi connectivity index (χ1v) is 10.6. The number of rotatable bonds is 7. The summed E-state index contributed by atoms with van der Waals surface area (Å²) < 4.78 is 0. The molecule has 3 heteroatoms. The molecule has 0 heterocycles. The molecule has 1 aliphatic rings. The summed E-state index contributed by atoms with van der Waals surface area (Å²) >= 11 is 0. The number of benzene rings is 2. The number of ketones is 1. The Hall–Kier alpha value is -3.07. The maximum atomic E-state index is 12.7. The molecule has 30 heavy (non-hydrogen) atoms. The summed E-state index contributed by atoms with van der Waals surface area (Å²) in [4.78, 5) is 16.9. The molecule has 1 saturated carbocycles. The van der Waals surface area contributed by atoms with E-state index in [1.165, 1.54) is 16.9 Å². The van der Waals surface area contributed by atoms with Gasteiger partial charge in [-0.2, -0.15) is 0 Å². The minimum Gasteiger partial charge on any atom is -0.378 e. The van der Waals surface area contributed by atoms with Crippen LogP contribution in [0, 0.1) is 5.92 Å². The molecule has 156 valence electrons. The zero-order valence-corrected chi connectivity index (χ0v) is 18.5. The summed E-state index contributed by atoms with van der Waals surface area (Å²) in [6.07, 6.45) is 12.9. The Labute approximate surface area is 181 Å². The monoisotopic (exact) mass is 400 g/mol. The molecule has 0 radical (unpaired) electrons. The van der Waals surface area contributed by atoms with Crippen molar-refractivity contribution in [3.8, 4) is 0 Å². The van der Waals surface area contributed by atoms with E-state index in [4.69, 9.17) is 0 Å². The number of carbonyl (C=O) groups excluding carboxylic acids is 1. The highest BCUT2D eigenvalue weighted by molar-refractivity contribution is 5.99. The molecule has 0 aromatic heterocycles. The number of hydrogen-bond acceptors (Lipinski definition) is 3. The topological polar surface area (TPSA) is 23.6 Å². The van der Waals surface area contributed by atoms with Gasteiger partial charge in [0.25, 0.3) is 0 Å². The fraction of sp³-hybridized carbons (Fsp3) is 0.296. The zero-order chi connectivity index (χ0) is 21.5. The van der Waals surface area contributed by atoms with Gasteiger partial charge in [0.15, 0.2) is 5.78 Å². The smallest absolute Gasteiger partial charge is 0.162 e. The number of carbonyl (C=O) groups is 1. The lowest BCUT2D eigenvalue weighted by Crippen LogP contribution is -2.07. The van der Waals surface area contributed by atoms with Crippen molar-refractivity contribution < 1.29 is 4.79 Å². The van der Waals surface area contributed by atoms with Gasteiger partial charge in [0, 0.05) is 45.5 Å². The average Bonchev–Trinajstić information content (AvgIpc) is 3.08. The first-order valence-electron chi connectivity index (χ1n) is 10.6. The number of allylic oxidation sites excluding steroid dienone is 4. The predicted molar refractivity (Wildman–Crippen MR) is 130 cm³/mol. The highest BCUT2D eigenvalue weighted by Gasteiger charge is 2.27. The van der Waals surface area contributed by atoms with E-state index in [1.54, 1.807) is 0 Å². The Morgan fingerprint density at radius 2 is 1.37 bits per heavy atom. The molecule has 1 unspecified atom stereocenters. The fourth-order valence-corrected chi connectivity index (χ4v) is 3.65. The van der Waals surface area contributed by atoms with Gasteiger partial charge in [-0.1, -0.05) is 54.6 Å². The van der Waals surface area contributed by atoms with Crippen molar-refractivity contribution in [3.63, 3.8) is 0 Å². The largest absolute Gasteiger partial charge is 0.378 e. The quantitative estimate of drug-likeness (QED) is 0.546. The standard InChI is InChI=1S/C27H32N2O/c1-28(2)25-17-11-21(12-18-25)7-5-9-23-15-16-24(27(23)30)10-6-8-22-13-19-26(20-14-22)29(3)4/h5-9,11-14,17-20,24H,10,15-16H2,1-4H3. The molecule has 3 rings (SSSR count). The van der Waals surface area contributed by atoms with Crippen molar-refractivity contribution in [1.29, 1.82) is 0 Å². The molecular formula is C27H32N2O. The molecular weight excluding hydrogens is 368 g/mol. The van der Waals surface area contributed by atoms with Gasteiger partial charge >= 0.3 is 0 Å². The van der Waals surface area contributed by atoms with Crippen molar-refractivity contribution >= 4 is 29.3 Å². The summed E-state index contributed by atoms with van der Waals surface area (Å²) in [5.74, 6) is 0.413. The van der Waals surface area contributed by atoms with Gasteiger partial charge in [0.05, 0.1) is 0 Å². The molecule has 0 amide bonds. The highest BCUT2D eigenvalue weighted by Crippen LogP contribution is 2.30. The Bertz CT molecular complexity index is 932. The molecule has 0 aliphatic heterocycles. The number of hydrogen-bond donors (Lipinski definition) is 0. The van der Waals surface area contributed by atoms with E-state index in [0.29, 0.717) is 5.78 Å². The molecule has 0 N–H and O–H groups in total. The van der Waals surface area contributed by atoms with Gasteiger partial charge in [-0.15, -0.1) is 0 Å². The normalized spacial score (nSPS) is 18.1. The van der Waals surface area contributed by atoms with Crippen LogP contribution in [0.15, 0.2) is 72.3 Å². The SMILES string of the molecule is CN(C)c1ccc(C=CC=C2CCC(CC=Cc3ccc(N(C)C)cc3)C2=O)cc1. The summed E-state index contributed by atoms with van der Waals surface area (Å²) in [6.45, 7) is 0. The maximum Gasteiger partial charge on any atom is 0.162 e. The summed E-state index contributed by atoms with van der Waals surface area (Å²) in [5.41, 5.74) is 5.63. The molecule has 1 fully saturated rings. The average molecular weight is 401 g/mol. The summed E-state index contributed by atoms with van der Waals surface area (Å²) in [7, 11) is 8.15. The van der Waals surface area contributed by atoms with Crippen molar-refractivity contribution in [1.82, 2.24) is 0 Å². The number of nitrogens with zero attached hydrogens (tertiary/aromatic N) is 2. The van der Waals surface area contributed by atoms with Gasteiger partial charge in [0.1, 0.15) is 0 Å². The van der Waals surface area contributed by atoms with Crippen LogP contribution < -0.4 is 9.80 Å². The van der Waals surface area contributed by atoms with Crippen molar-refractivity contribution in [3.05, 3.63) is 83.5 Å². The lowest BCUT2D eigenvalue weighted by Gasteiger charge is -2.11. The number of anilines is 2. The van der Waals surface area contributed by atoms with Crippen LogP contribution in [-0.2, 0) is 4.79 Å². The molecule has 3 nitrogen and oxygen atoms in total. The molecule has 2 aromatic carbocycles. The second-order valence-electron chi connectivity index (χ2n) is 8.26. The van der Waals surface area contributed by atoms with E-state index in [9.17, 15) is 4.79 Å². The second-order valence-corrected chi connectivity index (χ2v) is 8.26.